The van der Waals surface area contributed by atoms with Crippen molar-refractivity contribution in [2.75, 3.05) is 26.6 Å². The van der Waals surface area contributed by atoms with Crippen molar-refractivity contribution >= 4 is 16.8 Å². The number of rotatable bonds is 8. The van der Waals surface area contributed by atoms with E-state index in [1.165, 1.54) is 0 Å². The van der Waals surface area contributed by atoms with Crippen molar-refractivity contribution in [2.24, 2.45) is 0 Å². The molecule has 0 saturated carbocycles. The topological polar surface area (TPSA) is 71.0 Å². The maximum Gasteiger partial charge on any atom is 0.258 e. The third-order valence-corrected chi connectivity index (χ3v) is 4.68. The van der Waals surface area contributed by atoms with E-state index in [0.29, 0.717) is 42.2 Å². The smallest absolute Gasteiger partial charge is 0.258 e. The summed E-state index contributed by atoms with van der Waals surface area (Å²) in [5.41, 5.74) is 1.09. The number of amides is 1. The van der Waals surface area contributed by atoms with Crippen LogP contribution in [0.1, 0.15) is 19.9 Å². The van der Waals surface area contributed by atoms with E-state index >= 15 is 0 Å². The monoisotopic (exact) mass is 396 g/mol. The van der Waals surface area contributed by atoms with Gasteiger partial charge in [-0.05, 0) is 44.2 Å². The van der Waals surface area contributed by atoms with Crippen LogP contribution in [0.25, 0.3) is 10.9 Å². The van der Waals surface area contributed by atoms with Crippen LogP contribution in [0.15, 0.2) is 48.7 Å². The molecule has 0 spiro atoms. The maximum atomic E-state index is 12.1. The molecule has 7 nitrogen and oxygen atoms in total. The van der Waals surface area contributed by atoms with Crippen LogP contribution in [0, 0.1) is 0 Å². The molecule has 0 aliphatic carbocycles. The summed E-state index contributed by atoms with van der Waals surface area (Å²) in [5, 5.41) is 3.80. The molecule has 29 heavy (non-hydrogen) atoms. The zero-order valence-electron chi connectivity index (χ0n) is 16.5. The molecule has 0 unspecified atom stereocenters. The number of hydrogen-bond donors (Lipinski definition) is 1. The summed E-state index contributed by atoms with van der Waals surface area (Å²) < 4.78 is 24.1. The second-order valence-electron chi connectivity index (χ2n) is 7.01. The Bertz CT molecular complexity index is 1010. The van der Waals surface area contributed by atoms with Gasteiger partial charge in [0.2, 0.25) is 6.79 Å². The first-order valence-electron chi connectivity index (χ1n) is 9.63. The number of ether oxygens (including phenoxy) is 4. The first-order chi connectivity index (χ1) is 14.1. The highest BCUT2D eigenvalue weighted by Crippen LogP contribution is 2.35. The van der Waals surface area contributed by atoms with Gasteiger partial charge in [-0.1, -0.05) is 6.07 Å². The van der Waals surface area contributed by atoms with Gasteiger partial charge in [-0.15, -0.1) is 0 Å². The minimum absolute atomic E-state index is 0.0456. The number of hydrogen-bond acceptors (Lipinski definition) is 5. The molecule has 4 rings (SSSR count). The van der Waals surface area contributed by atoms with Crippen LogP contribution >= 0.6 is 0 Å². The van der Waals surface area contributed by atoms with Crippen LogP contribution in [0.4, 0.5) is 0 Å². The van der Waals surface area contributed by atoms with Gasteiger partial charge in [-0.2, -0.15) is 0 Å². The molecule has 0 saturated heterocycles. The van der Waals surface area contributed by atoms with Gasteiger partial charge in [0, 0.05) is 23.7 Å². The molecule has 1 aliphatic rings. The SMILES string of the molecule is CC(C)n1ccc2c(OCC(=O)NCCOc3ccc4c(c3)OCO4)cccc21. The van der Waals surface area contributed by atoms with Crippen LogP contribution in [-0.2, 0) is 4.79 Å². The molecule has 7 heteroatoms. The molecule has 2 heterocycles. The number of nitrogens with one attached hydrogen (secondary N) is 1. The highest BCUT2D eigenvalue weighted by molar-refractivity contribution is 5.87. The standard InChI is InChI=1S/C22H24N2O5/c1-15(2)24-10-8-17-18(24)4-3-5-19(17)27-13-22(25)23-9-11-26-16-6-7-20-21(12-16)29-14-28-20/h3-8,10,12,15H,9,11,13-14H2,1-2H3,(H,23,25). The van der Waals surface area contributed by atoms with E-state index in [1.54, 1.807) is 12.1 Å². The number of fused-ring (bicyclic) bond motifs is 2. The molecular weight excluding hydrogens is 372 g/mol. The van der Waals surface area contributed by atoms with Gasteiger partial charge in [-0.25, -0.2) is 0 Å². The Morgan fingerprint density at radius 2 is 2.00 bits per heavy atom. The molecule has 3 aromatic rings. The summed E-state index contributed by atoms with van der Waals surface area (Å²) in [6.07, 6.45) is 2.04. The molecular formula is C22H24N2O5. The van der Waals surface area contributed by atoms with Crippen molar-refractivity contribution < 1.29 is 23.7 Å². The van der Waals surface area contributed by atoms with Gasteiger partial charge in [0.1, 0.15) is 18.1 Å². The van der Waals surface area contributed by atoms with Gasteiger partial charge >= 0.3 is 0 Å². The molecule has 1 aliphatic heterocycles. The summed E-state index contributed by atoms with van der Waals surface area (Å²) >= 11 is 0. The van der Waals surface area contributed by atoms with Crippen LogP contribution in [-0.4, -0.2) is 37.0 Å². The third-order valence-electron chi connectivity index (χ3n) is 4.68. The molecule has 152 valence electrons. The van der Waals surface area contributed by atoms with Crippen molar-refractivity contribution in [1.29, 1.82) is 0 Å². The molecule has 1 N–H and O–H groups in total. The van der Waals surface area contributed by atoms with Gasteiger partial charge < -0.3 is 28.8 Å². The van der Waals surface area contributed by atoms with Crippen molar-refractivity contribution in [2.45, 2.75) is 19.9 Å². The molecule has 0 atom stereocenters. The van der Waals surface area contributed by atoms with E-state index in [-0.39, 0.29) is 19.3 Å². The lowest BCUT2D eigenvalue weighted by Crippen LogP contribution is -2.32. The normalized spacial score (nSPS) is 12.4. The van der Waals surface area contributed by atoms with E-state index in [9.17, 15) is 4.79 Å². The Hall–Kier alpha value is -3.35. The molecule has 0 radical (unpaired) electrons. The average molecular weight is 396 g/mol. The molecule has 0 fully saturated rings. The summed E-state index contributed by atoms with van der Waals surface area (Å²) in [5.74, 6) is 2.55. The first kappa shape index (κ1) is 19.0. The molecule has 2 aromatic carbocycles. The fraction of sp³-hybridized carbons (Fsp3) is 0.318. The van der Waals surface area contributed by atoms with Gasteiger partial charge in [-0.3, -0.25) is 4.79 Å². The molecule has 0 bridgehead atoms. The van der Waals surface area contributed by atoms with Gasteiger partial charge in [0.15, 0.2) is 18.1 Å². The van der Waals surface area contributed by atoms with Crippen LogP contribution in [0.5, 0.6) is 23.0 Å². The number of carbonyl (C=O) groups excluding carboxylic acids is 1. The minimum atomic E-state index is -0.195. The van der Waals surface area contributed by atoms with Crippen molar-refractivity contribution in [1.82, 2.24) is 9.88 Å². The predicted octanol–water partition coefficient (Wildman–Crippen LogP) is 3.52. The summed E-state index contributed by atoms with van der Waals surface area (Å²) in [6, 6.07) is 13.6. The number of benzene rings is 2. The Kier molecular flexibility index (Phi) is 5.46. The minimum Gasteiger partial charge on any atom is -0.492 e. The zero-order chi connectivity index (χ0) is 20.2. The van der Waals surface area contributed by atoms with Gasteiger partial charge in [0.05, 0.1) is 12.1 Å². The Balaban J connectivity index is 1.24. The lowest BCUT2D eigenvalue weighted by atomic mass is 10.2. The third kappa shape index (κ3) is 4.23. The molecule has 1 aromatic heterocycles. The van der Waals surface area contributed by atoms with E-state index in [2.05, 4.69) is 29.8 Å². The van der Waals surface area contributed by atoms with E-state index in [0.717, 1.165) is 10.9 Å². The highest BCUT2D eigenvalue weighted by Gasteiger charge is 2.14. The second kappa shape index (κ2) is 8.34. The largest absolute Gasteiger partial charge is 0.492 e. The maximum absolute atomic E-state index is 12.1. The summed E-state index contributed by atoms with van der Waals surface area (Å²) in [4.78, 5) is 12.1. The number of aromatic nitrogens is 1. The van der Waals surface area contributed by atoms with Crippen molar-refractivity contribution in [3.05, 3.63) is 48.7 Å². The lowest BCUT2D eigenvalue weighted by molar-refractivity contribution is -0.123. The zero-order valence-corrected chi connectivity index (χ0v) is 16.5. The molecule has 1 amide bonds. The second-order valence-corrected chi connectivity index (χ2v) is 7.01. The Morgan fingerprint density at radius 1 is 1.14 bits per heavy atom. The Labute approximate surface area is 169 Å². The summed E-state index contributed by atoms with van der Waals surface area (Å²) in [7, 11) is 0. The summed E-state index contributed by atoms with van der Waals surface area (Å²) in [6.45, 7) is 5.17. The number of nitrogens with zero attached hydrogens (tertiary/aromatic N) is 1. The van der Waals surface area contributed by atoms with E-state index in [4.69, 9.17) is 18.9 Å². The fourth-order valence-corrected chi connectivity index (χ4v) is 3.26. The van der Waals surface area contributed by atoms with Crippen LogP contribution in [0.2, 0.25) is 0 Å². The first-order valence-corrected chi connectivity index (χ1v) is 9.63. The van der Waals surface area contributed by atoms with Crippen LogP contribution < -0.4 is 24.3 Å². The van der Waals surface area contributed by atoms with E-state index < -0.39 is 0 Å². The van der Waals surface area contributed by atoms with Crippen molar-refractivity contribution in [3.63, 3.8) is 0 Å². The fourth-order valence-electron chi connectivity index (χ4n) is 3.26. The average Bonchev–Trinajstić information content (AvgIpc) is 3.36. The van der Waals surface area contributed by atoms with Gasteiger partial charge in [0.25, 0.3) is 5.91 Å². The predicted molar refractivity (Wildman–Crippen MR) is 109 cm³/mol. The number of carbonyl (C=O) groups is 1. The quantitative estimate of drug-likeness (QED) is 0.590. The Morgan fingerprint density at radius 3 is 2.86 bits per heavy atom. The van der Waals surface area contributed by atoms with Crippen molar-refractivity contribution in [3.8, 4) is 23.0 Å². The lowest BCUT2D eigenvalue weighted by Gasteiger charge is -2.11. The van der Waals surface area contributed by atoms with E-state index in [1.807, 2.05) is 30.5 Å². The van der Waals surface area contributed by atoms with Crippen LogP contribution in [0.3, 0.4) is 0 Å². The highest BCUT2D eigenvalue weighted by atomic mass is 16.7.